The van der Waals surface area contributed by atoms with Crippen LogP contribution < -0.4 is 5.32 Å². The van der Waals surface area contributed by atoms with E-state index in [-0.39, 0.29) is 17.4 Å². The van der Waals surface area contributed by atoms with Crippen LogP contribution >= 0.6 is 0 Å². The topological polar surface area (TPSA) is 114 Å². The first-order valence-electron chi connectivity index (χ1n) is 7.98. The number of aromatic nitrogens is 2. The number of nitrogens with one attached hydrogen (secondary N) is 1. The van der Waals surface area contributed by atoms with Gasteiger partial charge >= 0.3 is 5.97 Å². The lowest BCUT2D eigenvalue weighted by Gasteiger charge is -2.19. The Morgan fingerprint density at radius 1 is 1.36 bits per heavy atom. The fourth-order valence-electron chi connectivity index (χ4n) is 2.84. The van der Waals surface area contributed by atoms with Crippen LogP contribution in [0, 0.1) is 6.92 Å². The Kier molecular flexibility index (Phi) is 3.98. The number of hydrogen-bond donors (Lipinski definition) is 2. The quantitative estimate of drug-likeness (QED) is 0.879. The highest BCUT2D eigenvalue weighted by Crippen LogP contribution is 2.29. The number of Topliss-reactive ketones (excluding diaryl/α,β-unsaturated/α-hetero) is 1. The maximum absolute atomic E-state index is 12.5. The Balaban J connectivity index is 1.84. The second kappa shape index (κ2) is 5.87. The van der Waals surface area contributed by atoms with Gasteiger partial charge in [0, 0.05) is 30.7 Å². The summed E-state index contributed by atoms with van der Waals surface area (Å²) < 4.78 is 6.85. The predicted molar refractivity (Wildman–Crippen MR) is 87.9 cm³/mol. The summed E-state index contributed by atoms with van der Waals surface area (Å²) in [5, 5.41) is 15.9. The van der Waals surface area contributed by atoms with E-state index in [1.54, 1.807) is 6.92 Å². The van der Waals surface area contributed by atoms with E-state index in [1.165, 1.54) is 30.8 Å². The lowest BCUT2D eigenvalue weighted by atomic mass is 9.94. The molecule has 1 aliphatic carbocycles. The number of amides is 1. The minimum Gasteiger partial charge on any atom is -0.479 e. The van der Waals surface area contributed by atoms with Crippen LogP contribution in [0.5, 0.6) is 0 Å². The first-order valence-corrected chi connectivity index (χ1v) is 7.98. The van der Waals surface area contributed by atoms with Crippen molar-refractivity contribution in [3.05, 3.63) is 34.9 Å². The van der Waals surface area contributed by atoms with Gasteiger partial charge < -0.3 is 14.8 Å². The summed E-state index contributed by atoms with van der Waals surface area (Å²) >= 11 is 0. The van der Waals surface area contributed by atoms with Gasteiger partial charge in [0.25, 0.3) is 5.91 Å². The standard InChI is InChI=1S/C17H19N3O5/c1-9-13-10(21)5-4-6-11(13)25-14(9)15(22)18-12-7-8-20(19-12)17(2,3)16(23)24/h7-8H,4-6H2,1-3H3,(H,23,24)(H,18,19,22). The van der Waals surface area contributed by atoms with Crippen molar-refractivity contribution in [3.8, 4) is 0 Å². The van der Waals surface area contributed by atoms with Gasteiger partial charge in [0.15, 0.2) is 22.9 Å². The third-order valence-corrected chi connectivity index (χ3v) is 4.44. The molecule has 0 saturated heterocycles. The highest BCUT2D eigenvalue weighted by Gasteiger charge is 2.31. The second-order valence-electron chi connectivity index (χ2n) is 6.59. The number of ketones is 1. The summed E-state index contributed by atoms with van der Waals surface area (Å²) in [6, 6.07) is 1.51. The summed E-state index contributed by atoms with van der Waals surface area (Å²) in [6.45, 7) is 4.70. The number of hydrogen-bond acceptors (Lipinski definition) is 5. The van der Waals surface area contributed by atoms with Crippen LogP contribution in [-0.4, -0.2) is 32.5 Å². The summed E-state index contributed by atoms with van der Waals surface area (Å²) in [5.74, 6) is -0.711. The number of carbonyl (C=O) groups is 3. The molecule has 0 aromatic carbocycles. The molecule has 3 rings (SSSR count). The molecule has 0 saturated carbocycles. The molecule has 25 heavy (non-hydrogen) atoms. The van der Waals surface area contributed by atoms with Crippen molar-refractivity contribution < 1.29 is 23.9 Å². The molecule has 0 unspecified atom stereocenters. The Morgan fingerprint density at radius 3 is 2.72 bits per heavy atom. The van der Waals surface area contributed by atoms with Gasteiger partial charge in [-0.2, -0.15) is 5.10 Å². The number of aryl methyl sites for hydroxylation is 1. The van der Waals surface area contributed by atoms with Crippen molar-refractivity contribution in [2.45, 2.75) is 45.6 Å². The average Bonchev–Trinajstić information content (AvgIpc) is 3.13. The monoisotopic (exact) mass is 345 g/mol. The first-order chi connectivity index (χ1) is 11.7. The molecule has 0 fully saturated rings. The van der Waals surface area contributed by atoms with E-state index in [2.05, 4.69) is 10.4 Å². The summed E-state index contributed by atoms with van der Waals surface area (Å²) in [5.41, 5.74) is -0.203. The predicted octanol–water partition coefficient (Wildman–Crippen LogP) is 2.38. The van der Waals surface area contributed by atoms with Gasteiger partial charge in [-0.3, -0.25) is 14.3 Å². The third-order valence-electron chi connectivity index (χ3n) is 4.44. The molecule has 0 aliphatic heterocycles. The third kappa shape index (κ3) is 2.84. The van der Waals surface area contributed by atoms with Gasteiger partial charge in [-0.25, -0.2) is 4.79 Å². The number of anilines is 1. The van der Waals surface area contributed by atoms with Crippen molar-refractivity contribution in [1.82, 2.24) is 9.78 Å². The SMILES string of the molecule is Cc1c(C(=O)Nc2ccn(C(C)(C)C(=O)O)n2)oc2c1C(=O)CCC2. The molecule has 2 heterocycles. The summed E-state index contributed by atoms with van der Waals surface area (Å²) in [4.78, 5) is 35.8. The second-order valence-corrected chi connectivity index (χ2v) is 6.59. The van der Waals surface area contributed by atoms with Crippen LogP contribution in [-0.2, 0) is 16.8 Å². The molecule has 8 heteroatoms. The molecule has 2 aromatic heterocycles. The normalized spacial score (nSPS) is 14.3. The van der Waals surface area contributed by atoms with Crippen molar-refractivity contribution >= 4 is 23.5 Å². The Morgan fingerprint density at radius 2 is 2.08 bits per heavy atom. The van der Waals surface area contributed by atoms with Gasteiger partial charge in [0.05, 0.1) is 5.56 Å². The van der Waals surface area contributed by atoms with Crippen LogP contribution in [0.2, 0.25) is 0 Å². The number of fused-ring (bicyclic) bond motifs is 1. The average molecular weight is 345 g/mol. The van der Waals surface area contributed by atoms with E-state index in [4.69, 9.17) is 4.42 Å². The van der Waals surface area contributed by atoms with E-state index >= 15 is 0 Å². The lowest BCUT2D eigenvalue weighted by molar-refractivity contribution is -0.146. The number of nitrogens with zero attached hydrogens (tertiary/aromatic N) is 2. The molecule has 1 aliphatic rings. The van der Waals surface area contributed by atoms with Gasteiger partial charge in [-0.15, -0.1) is 0 Å². The van der Waals surface area contributed by atoms with Crippen molar-refractivity contribution in [2.24, 2.45) is 0 Å². The van der Waals surface area contributed by atoms with E-state index in [1.807, 2.05) is 0 Å². The van der Waals surface area contributed by atoms with E-state index in [0.29, 0.717) is 36.1 Å². The maximum atomic E-state index is 12.5. The number of carboxylic acid groups (broad SMARTS) is 1. The number of carbonyl (C=O) groups excluding carboxylic acids is 2. The van der Waals surface area contributed by atoms with Crippen molar-refractivity contribution in [3.63, 3.8) is 0 Å². The van der Waals surface area contributed by atoms with E-state index in [9.17, 15) is 19.5 Å². The van der Waals surface area contributed by atoms with Crippen LogP contribution in [0.4, 0.5) is 5.82 Å². The molecule has 0 atom stereocenters. The zero-order valence-corrected chi connectivity index (χ0v) is 14.3. The Hall–Kier alpha value is -2.90. The van der Waals surface area contributed by atoms with Crippen molar-refractivity contribution in [1.29, 1.82) is 0 Å². The number of carboxylic acids is 1. The van der Waals surface area contributed by atoms with Gasteiger partial charge in [0.1, 0.15) is 5.76 Å². The van der Waals surface area contributed by atoms with Crippen LogP contribution in [0.3, 0.4) is 0 Å². The fraction of sp³-hybridized carbons (Fsp3) is 0.412. The minimum absolute atomic E-state index is 0.00552. The van der Waals surface area contributed by atoms with Crippen molar-refractivity contribution in [2.75, 3.05) is 5.32 Å². The number of rotatable bonds is 4. The van der Waals surface area contributed by atoms with E-state index in [0.717, 1.165) is 0 Å². The summed E-state index contributed by atoms with van der Waals surface area (Å²) in [6.07, 6.45) is 3.29. The van der Waals surface area contributed by atoms with Crippen LogP contribution in [0.1, 0.15) is 58.9 Å². The molecule has 0 bridgehead atoms. The smallest absolute Gasteiger partial charge is 0.331 e. The molecular weight excluding hydrogens is 326 g/mol. The maximum Gasteiger partial charge on any atom is 0.331 e. The van der Waals surface area contributed by atoms with Gasteiger partial charge in [0.2, 0.25) is 0 Å². The van der Waals surface area contributed by atoms with Crippen LogP contribution in [0.15, 0.2) is 16.7 Å². The summed E-state index contributed by atoms with van der Waals surface area (Å²) in [7, 11) is 0. The number of furan rings is 1. The molecule has 1 amide bonds. The van der Waals surface area contributed by atoms with Crippen LogP contribution in [0.25, 0.3) is 0 Å². The van der Waals surface area contributed by atoms with Gasteiger partial charge in [-0.1, -0.05) is 0 Å². The molecule has 132 valence electrons. The molecule has 2 N–H and O–H groups in total. The van der Waals surface area contributed by atoms with Gasteiger partial charge in [-0.05, 0) is 27.2 Å². The molecule has 0 radical (unpaired) electrons. The lowest BCUT2D eigenvalue weighted by Crippen LogP contribution is -2.36. The Bertz CT molecular complexity index is 875. The highest BCUT2D eigenvalue weighted by atomic mass is 16.4. The molecule has 8 nitrogen and oxygen atoms in total. The van der Waals surface area contributed by atoms with E-state index < -0.39 is 17.4 Å². The zero-order chi connectivity index (χ0) is 18.4. The molecular formula is C17H19N3O5. The molecule has 0 spiro atoms. The Labute approximate surface area is 143 Å². The zero-order valence-electron chi connectivity index (χ0n) is 14.3. The minimum atomic E-state index is -1.24. The first kappa shape index (κ1) is 16.9. The molecule has 2 aromatic rings. The number of aliphatic carboxylic acids is 1. The fourth-order valence-corrected chi connectivity index (χ4v) is 2.84. The highest BCUT2D eigenvalue weighted by molar-refractivity contribution is 6.07. The largest absolute Gasteiger partial charge is 0.479 e.